The molecular formula is AlCoFeTaZr. The monoisotopic (exact) mass is 413 g/mol. The topological polar surface area (TPSA) is 0 Å². The van der Waals surface area contributed by atoms with E-state index in [1.54, 1.807) is 0 Å². The number of rotatable bonds is 0. The average molecular weight is 414 g/mol. The second-order valence-corrected chi connectivity index (χ2v) is 0. The standard InChI is InChI=1S/Al.Co.Fe.Ta.Zr. The first kappa shape index (κ1) is 41.7. The minimum Gasteiger partial charge on any atom is 0 e. The van der Waals surface area contributed by atoms with E-state index < -0.39 is 0 Å². The Morgan fingerprint density at radius 3 is 1.00 bits per heavy atom. The molecule has 0 atom stereocenters. The van der Waals surface area contributed by atoms with Crippen LogP contribution in [0, 0.1) is 0 Å². The van der Waals surface area contributed by atoms with Crippen LogP contribution >= 0.6 is 0 Å². The summed E-state index contributed by atoms with van der Waals surface area (Å²) in [6.45, 7) is 0. The minimum absolute atomic E-state index is 0. The van der Waals surface area contributed by atoms with Crippen LogP contribution in [-0.4, -0.2) is 17.4 Å². The largest absolute Gasteiger partial charge is 0 e. The molecule has 0 nitrogen and oxygen atoms in total. The van der Waals surface area contributed by atoms with Gasteiger partial charge in [0.05, 0.1) is 0 Å². The Kier molecular flexibility index (Phi) is 226. The molecule has 0 aliphatic rings. The van der Waals surface area contributed by atoms with Gasteiger partial charge < -0.3 is 0 Å². The van der Waals surface area contributed by atoms with Crippen molar-refractivity contribution in [3.8, 4) is 0 Å². The number of hydrogen-bond donors (Lipinski definition) is 0. The van der Waals surface area contributed by atoms with E-state index in [2.05, 4.69) is 0 Å². The minimum atomic E-state index is 0. The van der Waals surface area contributed by atoms with Crippen molar-refractivity contribution in [1.29, 1.82) is 0 Å². The van der Waals surface area contributed by atoms with Crippen molar-refractivity contribution in [2.24, 2.45) is 0 Å². The zero-order chi connectivity index (χ0) is 0. The van der Waals surface area contributed by atoms with Crippen LogP contribution in [0.3, 0.4) is 0 Å². The van der Waals surface area contributed by atoms with Crippen LogP contribution in [0.2, 0.25) is 0 Å². The summed E-state index contributed by atoms with van der Waals surface area (Å²) in [5, 5.41) is 0. The Balaban J connectivity index is 0. The summed E-state index contributed by atoms with van der Waals surface area (Å²) in [4.78, 5) is 0. The quantitative estimate of drug-likeness (QED) is 0.475. The summed E-state index contributed by atoms with van der Waals surface area (Å²) in [5.74, 6) is 0. The van der Waals surface area contributed by atoms with E-state index in [0.717, 1.165) is 0 Å². The first-order valence-corrected chi connectivity index (χ1v) is 0. The van der Waals surface area contributed by atoms with Gasteiger partial charge in [0, 0.05) is 99.8 Å². The molecule has 5 heavy (non-hydrogen) atoms. The van der Waals surface area contributed by atoms with E-state index in [1.165, 1.54) is 0 Å². The normalized spacial score (nSPS) is 0. The van der Waals surface area contributed by atoms with Gasteiger partial charge in [0.2, 0.25) is 0 Å². The van der Waals surface area contributed by atoms with Crippen LogP contribution in [0.1, 0.15) is 0 Å². The van der Waals surface area contributed by atoms with E-state index in [4.69, 9.17) is 0 Å². The van der Waals surface area contributed by atoms with Crippen LogP contribution in [0.15, 0.2) is 0 Å². The van der Waals surface area contributed by atoms with Crippen LogP contribution in [0.4, 0.5) is 0 Å². The van der Waals surface area contributed by atoms with Crippen LogP contribution in [-0.2, 0) is 82.4 Å². The van der Waals surface area contributed by atoms with E-state index in [0.29, 0.717) is 0 Å². The molecule has 29 valence electrons. The van der Waals surface area contributed by atoms with Crippen molar-refractivity contribution in [2.45, 2.75) is 0 Å². The molecule has 5 heteroatoms. The molecule has 0 aromatic rings. The third kappa shape index (κ3) is 19.0. The predicted molar refractivity (Wildman–Crippen MR) is 5.75 cm³/mol. The van der Waals surface area contributed by atoms with E-state index in [9.17, 15) is 0 Å². The van der Waals surface area contributed by atoms with Gasteiger partial charge in [-0.25, -0.2) is 0 Å². The molecule has 0 fully saturated rings. The fourth-order valence-electron chi connectivity index (χ4n) is 0. The maximum atomic E-state index is 0. The summed E-state index contributed by atoms with van der Waals surface area (Å²) >= 11 is 0. The molecule has 0 unspecified atom stereocenters. The Morgan fingerprint density at radius 2 is 1.00 bits per heavy atom. The molecule has 0 saturated heterocycles. The first-order chi connectivity index (χ1) is 0. The van der Waals surface area contributed by atoms with Crippen molar-refractivity contribution >= 4 is 17.4 Å². The fourth-order valence-corrected chi connectivity index (χ4v) is 0. The van der Waals surface area contributed by atoms with Gasteiger partial charge in [0.25, 0.3) is 0 Å². The van der Waals surface area contributed by atoms with Crippen molar-refractivity contribution in [3.05, 3.63) is 0 Å². The third-order valence-electron chi connectivity index (χ3n) is 0. The Bertz CT molecular complexity index is 11.6. The maximum absolute atomic E-state index is 0. The van der Waals surface area contributed by atoms with Crippen molar-refractivity contribution in [1.82, 2.24) is 0 Å². The zero-order valence-electron chi connectivity index (χ0n) is 2.21. The number of hydrogen-bond acceptors (Lipinski definition) is 0. The SMILES string of the molecule is [Al].[Co].[Fe].[Ta].[Zr]. The fraction of sp³-hybridized carbons (Fsp3) is 0. The third-order valence-corrected chi connectivity index (χ3v) is 0. The van der Waals surface area contributed by atoms with E-state index >= 15 is 0 Å². The molecule has 0 bridgehead atoms. The van der Waals surface area contributed by atoms with E-state index in [1.807, 2.05) is 0 Å². The molecule has 0 saturated carbocycles. The maximum Gasteiger partial charge on any atom is 0 e. The molecule has 0 spiro atoms. The molecular weight excluding hydrogens is 414 g/mol. The molecule has 5 radical (unpaired) electrons. The van der Waals surface area contributed by atoms with Gasteiger partial charge in [-0.3, -0.25) is 0 Å². The van der Waals surface area contributed by atoms with Gasteiger partial charge in [-0.15, -0.1) is 0 Å². The molecule has 0 aliphatic heterocycles. The van der Waals surface area contributed by atoms with Gasteiger partial charge >= 0.3 is 0 Å². The summed E-state index contributed by atoms with van der Waals surface area (Å²) < 4.78 is 0. The molecule has 0 heterocycles. The Morgan fingerprint density at radius 1 is 1.00 bits per heavy atom. The van der Waals surface area contributed by atoms with Crippen molar-refractivity contribution in [2.75, 3.05) is 0 Å². The molecule has 0 aromatic carbocycles. The van der Waals surface area contributed by atoms with Gasteiger partial charge in [-0.2, -0.15) is 0 Å². The van der Waals surface area contributed by atoms with Crippen LogP contribution in [0.5, 0.6) is 0 Å². The second kappa shape index (κ2) is 27.1. The average Bonchev–Trinajstić information content (AvgIpc) is 0. The Labute approximate surface area is 98.0 Å². The summed E-state index contributed by atoms with van der Waals surface area (Å²) in [6, 6.07) is 0. The summed E-state index contributed by atoms with van der Waals surface area (Å²) in [5.41, 5.74) is 0. The van der Waals surface area contributed by atoms with Crippen LogP contribution in [0.25, 0.3) is 0 Å². The van der Waals surface area contributed by atoms with Crippen molar-refractivity contribution < 1.29 is 82.4 Å². The molecule has 0 N–H and O–H groups in total. The van der Waals surface area contributed by atoms with Gasteiger partial charge in [0.15, 0.2) is 0 Å². The first-order valence-electron chi connectivity index (χ1n) is 0. The second-order valence-electron chi connectivity index (χ2n) is 0. The Hall–Kier alpha value is 3.18. The smallest absolute Gasteiger partial charge is 0 e. The van der Waals surface area contributed by atoms with E-state index in [-0.39, 0.29) is 99.8 Å². The molecule has 0 rings (SSSR count). The summed E-state index contributed by atoms with van der Waals surface area (Å²) in [6.07, 6.45) is 0. The predicted octanol–water partition coefficient (Wildman–Crippen LogP) is -0.391. The molecule has 0 aliphatic carbocycles. The zero-order valence-corrected chi connectivity index (χ0v) is 11.2. The van der Waals surface area contributed by atoms with Crippen molar-refractivity contribution in [3.63, 3.8) is 0 Å². The van der Waals surface area contributed by atoms with Gasteiger partial charge in [0.1, 0.15) is 0 Å². The molecule has 0 aromatic heterocycles. The van der Waals surface area contributed by atoms with Crippen LogP contribution < -0.4 is 0 Å². The summed E-state index contributed by atoms with van der Waals surface area (Å²) in [7, 11) is 0. The molecule has 0 amide bonds. The van der Waals surface area contributed by atoms with Gasteiger partial charge in [-0.1, -0.05) is 0 Å². The van der Waals surface area contributed by atoms with Gasteiger partial charge in [-0.05, 0) is 0 Å².